The van der Waals surface area contributed by atoms with Crippen LogP contribution in [0.5, 0.6) is 0 Å². The molecule has 0 N–H and O–H groups in total. The van der Waals surface area contributed by atoms with Crippen molar-refractivity contribution in [2.24, 2.45) is 17.3 Å². The molecule has 0 radical (unpaired) electrons. The summed E-state index contributed by atoms with van der Waals surface area (Å²) in [5, 5.41) is 0. The summed E-state index contributed by atoms with van der Waals surface area (Å²) in [4.78, 5) is 5.74. The van der Waals surface area contributed by atoms with Crippen LogP contribution in [0.3, 0.4) is 0 Å². The number of hydrogen-bond acceptors (Lipinski definition) is 2. The van der Waals surface area contributed by atoms with Crippen molar-refractivity contribution in [3.05, 3.63) is 40.5 Å². The van der Waals surface area contributed by atoms with Crippen molar-refractivity contribution >= 4 is 5.69 Å². The molecule has 0 amide bonds. The van der Waals surface area contributed by atoms with E-state index in [4.69, 9.17) is 0 Å². The van der Waals surface area contributed by atoms with Crippen LogP contribution in [0, 0.1) is 38.0 Å². The van der Waals surface area contributed by atoms with Crippen LogP contribution < -0.4 is 4.90 Å². The largest absolute Gasteiger partial charge is 0.353 e. The fourth-order valence-electron chi connectivity index (χ4n) is 7.38. The number of nitrogens with zero attached hydrogens (tertiary/aromatic N) is 2. The minimum atomic E-state index is 0.392. The quantitative estimate of drug-likeness (QED) is 0.531. The van der Waals surface area contributed by atoms with Gasteiger partial charge in [-0.15, -0.1) is 0 Å². The van der Waals surface area contributed by atoms with Gasteiger partial charge in [0.2, 0.25) is 0 Å². The minimum absolute atomic E-state index is 0.392. The molecule has 4 unspecified atom stereocenters. The van der Waals surface area contributed by atoms with Crippen molar-refractivity contribution in [2.75, 3.05) is 18.0 Å². The summed E-state index contributed by atoms with van der Waals surface area (Å²) < 4.78 is 0. The van der Waals surface area contributed by atoms with Gasteiger partial charge in [-0.25, -0.2) is 0 Å². The summed E-state index contributed by atoms with van der Waals surface area (Å²) in [6.45, 7) is 19.1. The molecule has 4 atom stereocenters. The van der Waals surface area contributed by atoms with Crippen molar-refractivity contribution in [3.8, 4) is 0 Å². The van der Waals surface area contributed by atoms with E-state index in [0.717, 1.165) is 18.4 Å². The second-order valence-electron chi connectivity index (χ2n) is 11.0. The maximum atomic E-state index is 2.92. The van der Waals surface area contributed by atoms with Gasteiger partial charge in [-0.3, -0.25) is 4.90 Å². The van der Waals surface area contributed by atoms with Gasteiger partial charge < -0.3 is 4.90 Å². The molecule has 1 saturated heterocycles. The summed E-state index contributed by atoms with van der Waals surface area (Å²) in [6.07, 6.45) is 9.94. The molecule has 2 nitrogen and oxygen atoms in total. The average molecular weight is 395 g/mol. The molecule has 4 rings (SSSR count). The number of hydrogen-bond donors (Lipinski definition) is 0. The number of allylic oxidation sites excluding steroid dienone is 1. The van der Waals surface area contributed by atoms with Crippen LogP contribution in [0.15, 0.2) is 23.8 Å². The topological polar surface area (TPSA) is 6.48 Å². The van der Waals surface area contributed by atoms with Crippen molar-refractivity contribution in [2.45, 2.75) is 92.8 Å². The third-order valence-electron chi connectivity index (χ3n) is 8.15. The summed E-state index contributed by atoms with van der Waals surface area (Å²) in [6, 6.07) is 5.37. The second-order valence-corrected chi connectivity index (χ2v) is 11.0. The highest BCUT2D eigenvalue weighted by atomic mass is 15.4. The van der Waals surface area contributed by atoms with Crippen LogP contribution in [-0.4, -0.2) is 30.2 Å². The smallest absolute Gasteiger partial charge is 0.0881 e. The molecule has 1 aromatic rings. The lowest BCUT2D eigenvalue weighted by Gasteiger charge is -2.49. The van der Waals surface area contributed by atoms with E-state index in [2.05, 4.69) is 76.5 Å². The van der Waals surface area contributed by atoms with Gasteiger partial charge in [0.15, 0.2) is 0 Å². The Morgan fingerprint density at radius 2 is 1.55 bits per heavy atom. The highest BCUT2D eigenvalue weighted by Crippen LogP contribution is 2.49. The number of aryl methyl sites for hydroxylation is 3. The first-order valence-corrected chi connectivity index (χ1v) is 12.0. The zero-order chi connectivity index (χ0) is 20.9. The molecule has 2 heteroatoms. The highest BCUT2D eigenvalue weighted by Gasteiger charge is 2.50. The Morgan fingerprint density at radius 3 is 2.14 bits per heavy atom. The molecule has 3 aliphatic rings. The number of rotatable bonds is 3. The van der Waals surface area contributed by atoms with Crippen LogP contribution in [0.25, 0.3) is 0 Å². The van der Waals surface area contributed by atoms with Gasteiger partial charge in [-0.05, 0) is 69.9 Å². The van der Waals surface area contributed by atoms with Crippen LogP contribution in [0.1, 0.15) is 76.5 Å². The van der Waals surface area contributed by atoms with E-state index in [1.807, 2.05) is 0 Å². The third kappa shape index (κ3) is 3.67. The molecule has 1 saturated carbocycles. The second kappa shape index (κ2) is 7.76. The highest BCUT2D eigenvalue weighted by molar-refractivity contribution is 5.62. The Labute approximate surface area is 179 Å². The molecular weight excluding hydrogens is 352 g/mol. The monoisotopic (exact) mass is 394 g/mol. The van der Waals surface area contributed by atoms with Gasteiger partial charge >= 0.3 is 0 Å². The molecule has 1 aliphatic heterocycles. The van der Waals surface area contributed by atoms with E-state index in [1.165, 1.54) is 61.0 Å². The molecule has 0 aromatic heterocycles. The normalized spacial score (nSPS) is 32.7. The van der Waals surface area contributed by atoms with Gasteiger partial charge in [-0.1, -0.05) is 63.0 Å². The van der Waals surface area contributed by atoms with Crippen LogP contribution in [0.4, 0.5) is 5.69 Å². The number of benzene rings is 1. The lowest BCUT2D eigenvalue weighted by atomic mass is 9.77. The molecule has 0 spiro atoms. The first-order valence-electron chi connectivity index (χ1n) is 12.0. The van der Waals surface area contributed by atoms with E-state index in [9.17, 15) is 0 Å². The Hall–Kier alpha value is -1.28. The Kier molecular flexibility index (Phi) is 5.61. The summed E-state index contributed by atoms with van der Waals surface area (Å²) in [5.74, 6) is 1.46. The van der Waals surface area contributed by atoms with Crippen LogP contribution >= 0.6 is 0 Å². The predicted molar refractivity (Wildman–Crippen MR) is 126 cm³/mol. The Balaban J connectivity index is 1.77. The lowest BCUT2D eigenvalue weighted by Crippen LogP contribution is -2.55. The molecule has 160 valence electrons. The summed E-state index contributed by atoms with van der Waals surface area (Å²) in [7, 11) is 0. The van der Waals surface area contributed by atoms with Crippen LogP contribution in [-0.2, 0) is 0 Å². The molecule has 0 bridgehead atoms. The van der Waals surface area contributed by atoms with E-state index in [-0.39, 0.29) is 0 Å². The first kappa shape index (κ1) is 21.0. The average Bonchev–Trinajstić information content (AvgIpc) is 3.21. The molecule has 2 fully saturated rings. The van der Waals surface area contributed by atoms with Gasteiger partial charge in [-0.2, -0.15) is 0 Å². The van der Waals surface area contributed by atoms with Gasteiger partial charge in [0.25, 0.3) is 0 Å². The molecule has 1 aromatic carbocycles. The van der Waals surface area contributed by atoms with Crippen molar-refractivity contribution in [1.82, 2.24) is 4.90 Å². The third-order valence-corrected chi connectivity index (χ3v) is 8.15. The Bertz CT molecular complexity index is 763. The Morgan fingerprint density at radius 1 is 0.931 bits per heavy atom. The molecule has 29 heavy (non-hydrogen) atoms. The fourth-order valence-corrected chi connectivity index (χ4v) is 7.38. The van der Waals surface area contributed by atoms with E-state index in [0.29, 0.717) is 17.6 Å². The maximum Gasteiger partial charge on any atom is 0.0881 e. The van der Waals surface area contributed by atoms with Crippen molar-refractivity contribution < 1.29 is 0 Å². The van der Waals surface area contributed by atoms with E-state index >= 15 is 0 Å². The fraction of sp³-hybridized carbons (Fsp3) is 0.704. The minimum Gasteiger partial charge on any atom is -0.353 e. The molecule has 2 aliphatic carbocycles. The predicted octanol–water partition coefficient (Wildman–Crippen LogP) is 6.63. The number of anilines is 1. The van der Waals surface area contributed by atoms with Crippen LogP contribution in [0.2, 0.25) is 0 Å². The SMILES string of the molecule is CC1=CC(C)CC(C)C1N1CCN(c2c(C)cc(C)cc2C)C1C1(C)CCCC1. The zero-order valence-electron chi connectivity index (χ0n) is 19.9. The van der Waals surface area contributed by atoms with Gasteiger partial charge in [0, 0.05) is 30.2 Å². The van der Waals surface area contributed by atoms with E-state index in [1.54, 1.807) is 5.57 Å². The summed E-state index contributed by atoms with van der Waals surface area (Å²) >= 11 is 0. The zero-order valence-corrected chi connectivity index (χ0v) is 19.9. The standard InChI is InChI=1S/C27H42N2/c1-18-14-20(3)24(21(4)15-18)28-12-13-29(26(28)27(7)10-8-9-11-27)25-22(5)16-19(2)17-23(25)6/h14-16,19,23,25-26H,8-13,17H2,1-7H3. The molecular formula is C27H42N2. The summed E-state index contributed by atoms with van der Waals surface area (Å²) in [5.41, 5.74) is 7.81. The van der Waals surface area contributed by atoms with E-state index < -0.39 is 0 Å². The van der Waals surface area contributed by atoms with Gasteiger partial charge in [0.1, 0.15) is 0 Å². The van der Waals surface area contributed by atoms with Crippen molar-refractivity contribution in [1.29, 1.82) is 0 Å². The maximum absolute atomic E-state index is 2.92. The van der Waals surface area contributed by atoms with Gasteiger partial charge in [0.05, 0.1) is 6.17 Å². The molecule has 1 heterocycles. The lowest BCUT2D eigenvalue weighted by molar-refractivity contribution is 0.0630. The first-order chi connectivity index (χ1) is 13.7. The van der Waals surface area contributed by atoms with Crippen molar-refractivity contribution in [3.63, 3.8) is 0 Å².